The van der Waals surface area contributed by atoms with Crippen LogP contribution in [0.3, 0.4) is 0 Å². The number of ether oxygens (including phenoxy) is 1. The summed E-state index contributed by atoms with van der Waals surface area (Å²) >= 11 is 0. The van der Waals surface area contributed by atoms with Gasteiger partial charge in [0.15, 0.2) is 5.96 Å². The molecule has 1 aromatic rings. The van der Waals surface area contributed by atoms with Gasteiger partial charge in [0.2, 0.25) is 0 Å². The Kier molecular flexibility index (Phi) is 11.5. The molecular formula is C13H26IN5O. The smallest absolute Gasteiger partial charge is 0.190 e. The fraction of sp³-hybridized carbons (Fsp3) is 0.692. The summed E-state index contributed by atoms with van der Waals surface area (Å²) in [6, 6.07) is 1.94. The highest BCUT2D eigenvalue weighted by atomic mass is 127. The normalized spacial score (nSPS) is 12.7. The number of rotatable bonds is 8. The molecule has 1 rings (SSSR count). The van der Waals surface area contributed by atoms with Crippen LogP contribution in [0.15, 0.2) is 23.5 Å². The molecule has 6 nitrogen and oxygen atoms in total. The van der Waals surface area contributed by atoms with Crippen LogP contribution in [0.25, 0.3) is 0 Å². The molecular weight excluding hydrogens is 369 g/mol. The van der Waals surface area contributed by atoms with Crippen molar-refractivity contribution in [2.75, 3.05) is 33.9 Å². The van der Waals surface area contributed by atoms with E-state index in [9.17, 15) is 0 Å². The van der Waals surface area contributed by atoms with Gasteiger partial charge < -0.3 is 15.4 Å². The minimum absolute atomic E-state index is 0. The van der Waals surface area contributed by atoms with E-state index in [4.69, 9.17) is 4.74 Å². The number of nitrogens with zero attached hydrogens (tertiary/aromatic N) is 3. The Morgan fingerprint density at radius 1 is 1.45 bits per heavy atom. The van der Waals surface area contributed by atoms with E-state index in [1.165, 1.54) is 0 Å². The van der Waals surface area contributed by atoms with Crippen molar-refractivity contribution in [2.45, 2.75) is 19.9 Å². The SMILES string of the molecule is CN=C(NCCCOC)NCC(C)Cn1cccn1.I. The molecule has 1 aromatic heterocycles. The van der Waals surface area contributed by atoms with Crippen LogP contribution in [0.4, 0.5) is 0 Å². The van der Waals surface area contributed by atoms with Crippen LogP contribution in [0.2, 0.25) is 0 Å². The molecule has 2 N–H and O–H groups in total. The van der Waals surface area contributed by atoms with Crippen LogP contribution in [0.5, 0.6) is 0 Å². The van der Waals surface area contributed by atoms with Gasteiger partial charge in [0.1, 0.15) is 0 Å². The summed E-state index contributed by atoms with van der Waals surface area (Å²) in [6.07, 6.45) is 4.75. The number of aromatic nitrogens is 2. The number of guanidine groups is 1. The molecule has 0 radical (unpaired) electrons. The standard InChI is InChI=1S/C13H25N5O.HI/c1-12(11-18-8-4-7-17-18)10-16-13(14-2)15-6-5-9-19-3;/h4,7-8,12H,5-6,9-11H2,1-3H3,(H2,14,15,16);1H. The quantitative estimate of drug-likeness (QED) is 0.302. The molecule has 0 aromatic carbocycles. The monoisotopic (exact) mass is 395 g/mol. The summed E-state index contributed by atoms with van der Waals surface area (Å²) in [5, 5.41) is 10.8. The molecule has 0 spiro atoms. The lowest BCUT2D eigenvalue weighted by Gasteiger charge is -2.16. The van der Waals surface area contributed by atoms with Gasteiger partial charge in [0, 0.05) is 52.8 Å². The van der Waals surface area contributed by atoms with Gasteiger partial charge >= 0.3 is 0 Å². The topological polar surface area (TPSA) is 63.5 Å². The maximum atomic E-state index is 5.00. The minimum atomic E-state index is 0. The van der Waals surface area contributed by atoms with Crippen molar-refractivity contribution in [3.8, 4) is 0 Å². The van der Waals surface area contributed by atoms with Crippen molar-refractivity contribution in [1.82, 2.24) is 20.4 Å². The Bertz CT molecular complexity index is 356. The van der Waals surface area contributed by atoms with Gasteiger partial charge in [-0.25, -0.2) is 0 Å². The van der Waals surface area contributed by atoms with E-state index in [1.54, 1.807) is 20.4 Å². The minimum Gasteiger partial charge on any atom is -0.385 e. The highest BCUT2D eigenvalue weighted by Crippen LogP contribution is 1.97. The Hall–Kier alpha value is -0.830. The number of halogens is 1. The van der Waals surface area contributed by atoms with Gasteiger partial charge in [-0.15, -0.1) is 24.0 Å². The van der Waals surface area contributed by atoms with Crippen LogP contribution in [0.1, 0.15) is 13.3 Å². The summed E-state index contributed by atoms with van der Waals surface area (Å²) in [7, 11) is 3.49. The number of nitrogens with one attached hydrogen (secondary N) is 2. The van der Waals surface area contributed by atoms with E-state index in [2.05, 4.69) is 27.6 Å². The first-order valence-electron chi connectivity index (χ1n) is 6.67. The predicted molar refractivity (Wildman–Crippen MR) is 92.7 cm³/mol. The molecule has 20 heavy (non-hydrogen) atoms. The first-order chi connectivity index (χ1) is 9.26. The van der Waals surface area contributed by atoms with Gasteiger partial charge in [0.05, 0.1) is 0 Å². The lowest BCUT2D eigenvalue weighted by molar-refractivity contribution is 0.195. The largest absolute Gasteiger partial charge is 0.385 e. The molecule has 0 saturated heterocycles. The van der Waals surface area contributed by atoms with Gasteiger partial charge in [-0.1, -0.05) is 6.92 Å². The highest BCUT2D eigenvalue weighted by molar-refractivity contribution is 14.0. The second-order valence-corrected chi connectivity index (χ2v) is 4.56. The first-order valence-corrected chi connectivity index (χ1v) is 6.67. The summed E-state index contributed by atoms with van der Waals surface area (Å²) in [5.74, 6) is 1.32. The van der Waals surface area contributed by atoms with E-state index in [0.717, 1.165) is 38.6 Å². The Morgan fingerprint density at radius 3 is 2.85 bits per heavy atom. The molecule has 1 unspecified atom stereocenters. The van der Waals surface area contributed by atoms with Crippen LogP contribution in [-0.4, -0.2) is 49.6 Å². The van der Waals surface area contributed by atoms with Crippen LogP contribution >= 0.6 is 24.0 Å². The Labute approximate surface area is 138 Å². The van der Waals surface area contributed by atoms with Gasteiger partial charge in [-0.3, -0.25) is 9.67 Å². The predicted octanol–water partition coefficient (Wildman–Crippen LogP) is 1.34. The fourth-order valence-electron chi connectivity index (χ4n) is 1.71. The zero-order valence-corrected chi connectivity index (χ0v) is 14.8. The third-order valence-electron chi connectivity index (χ3n) is 2.72. The summed E-state index contributed by atoms with van der Waals surface area (Å²) in [6.45, 7) is 5.58. The molecule has 0 fully saturated rings. The van der Waals surface area contributed by atoms with Crippen molar-refractivity contribution < 1.29 is 4.74 Å². The zero-order chi connectivity index (χ0) is 13.9. The summed E-state index contributed by atoms with van der Waals surface area (Å²) < 4.78 is 6.95. The molecule has 0 amide bonds. The molecule has 1 atom stereocenters. The third kappa shape index (κ3) is 8.36. The zero-order valence-electron chi connectivity index (χ0n) is 12.5. The molecule has 0 aliphatic carbocycles. The van der Waals surface area contributed by atoms with Gasteiger partial charge in [-0.2, -0.15) is 5.10 Å². The summed E-state index contributed by atoms with van der Waals surface area (Å²) in [5.41, 5.74) is 0. The van der Waals surface area contributed by atoms with Crippen LogP contribution < -0.4 is 10.6 Å². The Balaban J connectivity index is 0.00000361. The molecule has 0 saturated carbocycles. The molecule has 116 valence electrons. The molecule has 0 bridgehead atoms. The first kappa shape index (κ1) is 19.2. The summed E-state index contributed by atoms with van der Waals surface area (Å²) in [4.78, 5) is 4.19. The average Bonchev–Trinajstić information content (AvgIpc) is 2.91. The molecule has 1 heterocycles. The van der Waals surface area contributed by atoms with E-state index in [-0.39, 0.29) is 24.0 Å². The van der Waals surface area contributed by atoms with E-state index in [1.807, 2.05) is 16.9 Å². The molecule has 0 aliphatic heterocycles. The number of aliphatic imine (C=N–C) groups is 1. The van der Waals surface area contributed by atoms with E-state index in [0.29, 0.717) is 5.92 Å². The lowest BCUT2D eigenvalue weighted by atomic mass is 10.2. The number of methoxy groups -OCH3 is 1. The lowest BCUT2D eigenvalue weighted by Crippen LogP contribution is -2.40. The van der Waals surface area contributed by atoms with Crippen LogP contribution in [-0.2, 0) is 11.3 Å². The molecule has 0 aliphatic rings. The average molecular weight is 395 g/mol. The second kappa shape index (κ2) is 12.0. The second-order valence-electron chi connectivity index (χ2n) is 4.56. The van der Waals surface area contributed by atoms with E-state index >= 15 is 0 Å². The van der Waals surface area contributed by atoms with Gasteiger partial charge in [-0.05, 0) is 18.4 Å². The Morgan fingerprint density at radius 2 is 2.25 bits per heavy atom. The number of hydrogen-bond acceptors (Lipinski definition) is 3. The maximum Gasteiger partial charge on any atom is 0.190 e. The van der Waals surface area contributed by atoms with Crippen molar-refractivity contribution in [3.63, 3.8) is 0 Å². The van der Waals surface area contributed by atoms with Gasteiger partial charge in [0.25, 0.3) is 0 Å². The van der Waals surface area contributed by atoms with Crippen molar-refractivity contribution in [3.05, 3.63) is 18.5 Å². The number of hydrogen-bond donors (Lipinski definition) is 2. The highest BCUT2D eigenvalue weighted by Gasteiger charge is 2.04. The molecule has 7 heteroatoms. The maximum absolute atomic E-state index is 5.00. The van der Waals surface area contributed by atoms with E-state index < -0.39 is 0 Å². The van der Waals surface area contributed by atoms with Crippen LogP contribution in [0, 0.1) is 5.92 Å². The van der Waals surface area contributed by atoms with Crippen molar-refractivity contribution >= 4 is 29.9 Å². The van der Waals surface area contributed by atoms with Crippen molar-refractivity contribution in [1.29, 1.82) is 0 Å². The third-order valence-corrected chi connectivity index (χ3v) is 2.72. The fourth-order valence-corrected chi connectivity index (χ4v) is 1.71. The van der Waals surface area contributed by atoms with Crippen molar-refractivity contribution in [2.24, 2.45) is 10.9 Å².